The van der Waals surface area contributed by atoms with Crippen LogP contribution in [-0.2, 0) is 14.3 Å². The monoisotopic (exact) mass is 286 g/mol. The summed E-state index contributed by atoms with van der Waals surface area (Å²) in [4.78, 5) is 22.3. The zero-order chi connectivity index (χ0) is 15.5. The zero-order valence-electron chi connectivity index (χ0n) is 11.9. The first-order valence-electron chi connectivity index (χ1n) is 6.14. The summed E-state index contributed by atoms with van der Waals surface area (Å²) >= 11 is 0. The first-order valence-corrected chi connectivity index (χ1v) is 6.14. The van der Waals surface area contributed by atoms with E-state index >= 15 is 0 Å². The highest BCUT2D eigenvalue weighted by molar-refractivity contribution is 5.86. The molecule has 0 rings (SSSR count). The number of amides is 2. The summed E-state index contributed by atoms with van der Waals surface area (Å²) in [5.74, 6) is -0.491. The average molecular weight is 286 g/mol. The van der Waals surface area contributed by atoms with E-state index in [0.717, 1.165) is 0 Å². The molecule has 0 aliphatic carbocycles. The number of esters is 1. The molecule has 7 heteroatoms. The van der Waals surface area contributed by atoms with Crippen LogP contribution in [0.4, 0.5) is 4.79 Å². The normalized spacial score (nSPS) is 11.3. The Morgan fingerprint density at radius 1 is 1.15 bits per heavy atom. The molecular weight excluding hydrogens is 264 g/mol. The second kappa shape index (κ2) is 9.99. The van der Waals surface area contributed by atoms with Crippen LogP contribution < -0.4 is 10.6 Å². The minimum absolute atomic E-state index is 0.0734. The molecule has 20 heavy (non-hydrogen) atoms. The summed E-state index contributed by atoms with van der Waals surface area (Å²) in [6.45, 7) is 10.8. The summed E-state index contributed by atoms with van der Waals surface area (Å²) < 4.78 is 9.76. The third-order valence-electron chi connectivity index (χ3n) is 2.05. The Morgan fingerprint density at radius 3 is 2.20 bits per heavy atom. The fourth-order valence-electron chi connectivity index (χ4n) is 0.971. The highest BCUT2D eigenvalue weighted by atomic mass is 16.6. The van der Waals surface area contributed by atoms with Crippen LogP contribution in [0.1, 0.15) is 13.8 Å². The van der Waals surface area contributed by atoms with Gasteiger partial charge in [0.25, 0.3) is 0 Å². The smallest absolute Gasteiger partial charge is 0.333 e. The summed E-state index contributed by atoms with van der Waals surface area (Å²) in [5.41, 5.74) is 0.802. The van der Waals surface area contributed by atoms with E-state index in [9.17, 15) is 14.7 Å². The lowest BCUT2D eigenvalue weighted by Gasteiger charge is -2.12. The number of hydrogen-bond acceptors (Lipinski definition) is 5. The minimum atomic E-state index is -1.03. The van der Waals surface area contributed by atoms with Gasteiger partial charge in [-0.15, -0.1) is 0 Å². The maximum Gasteiger partial charge on any atom is 0.333 e. The molecule has 0 aromatic heterocycles. The molecule has 0 bridgehead atoms. The molecule has 0 saturated carbocycles. The van der Waals surface area contributed by atoms with E-state index in [0.29, 0.717) is 11.1 Å². The van der Waals surface area contributed by atoms with Crippen LogP contribution in [0.25, 0.3) is 0 Å². The number of hydrogen-bond donors (Lipinski definition) is 3. The van der Waals surface area contributed by atoms with Gasteiger partial charge in [0.1, 0.15) is 6.61 Å². The Kier molecular flexibility index (Phi) is 9.06. The first-order chi connectivity index (χ1) is 9.34. The van der Waals surface area contributed by atoms with Gasteiger partial charge < -0.3 is 25.2 Å². The number of ether oxygens (including phenoxy) is 2. The van der Waals surface area contributed by atoms with Crippen LogP contribution in [0, 0.1) is 0 Å². The first kappa shape index (κ1) is 18.1. The van der Waals surface area contributed by atoms with Gasteiger partial charge in [0.2, 0.25) is 0 Å². The minimum Gasteiger partial charge on any atom is -0.460 e. The van der Waals surface area contributed by atoms with Crippen LogP contribution in [0.2, 0.25) is 0 Å². The molecule has 0 aliphatic rings. The quantitative estimate of drug-likeness (QED) is 0.186. The van der Waals surface area contributed by atoms with Crippen molar-refractivity contribution in [2.75, 3.05) is 26.3 Å². The topological polar surface area (TPSA) is 96.9 Å². The van der Waals surface area contributed by atoms with Crippen LogP contribution >= 0.6 is 0 Å². The van der Waals surface area contributed by atoms with Crippen molar-refractivity contribution in [3.8, 4) is 0 Å². The molecule has 0 heterocycles. The zero-order valence-corrected chi connectivity index (χ0v) is 11.9. The lowest BCUT2D eigenvalue weighted by molar-refractivity contribution is -0.138. The van der Waals surface area contributed by atoms with E-state index in [1.54, 1.807) is 13.8 Å². The van der Waals surface area contributed by atoms with Crippen LogP contribution in [0.3, 0.4) is 0 Å². The van der Waals surface area contributed by atoms with Crippen molar-refractivity contribution >= 4 is 12.0 Å². The molecule has 2 amide bonds. The second-order valence-corrected chi connectivity index (χ2v) is 4.17. The van der Waals surface area contributed by atoms with Crippen molar-refractivity contribution in [2.24, 2.45) is 0 Å². The Hall–Kier alpha value is -1.86. The molecule has 0 saturated heterocycles. The summed E-state index contributed by atoms with van der Waals surface area (Å²) in [7, 11) is 0. The number of nitrogens with one attached hydrogen (secondary N) is 2. The van der Waals surface area contributed by atoms with E-state index in [-0.39, 0.29) is 26.3 Å². The fraction of sp³-hybridized carbons (Fsp3) is 0.538. The second-order valence-electron chi connectivity index (χ2n) is 4.17. The van der Waals surface area contributed by atoms with Crippen molar-refractivity contribution in [1.29, 1.82) is 0 Å². The van der Waals surface area contributed by atoms with E-state index in [2.05, 4.69) is 23.8 Å². The van der Waals surface area contributed by atoms with Crippen molar-refractivity contribution in [1.82, 2.24) is 10.6 Å². The predicted molar refractivity (Wildman–Crippen MR) is 73.9 cm³/mol. The number of urea groups is 1. The van der Waals surface area contributed by atoms with Gasteiger partial charge in [-0.2, -0.15) is 0 Å². The third-order valence-corrected chi connectivity index (χ3v) is 2.05. The van der Waals surface area contributed by atoms with Gasteiger partial charge in [0.15, 0.2) is 6.29 Å². The fourth-order valence-corrected chi connectivity index (χ4v) is 0.971. The lowest BCUT2D eigenvalue weighted by atomic mass is 10.3. The molecular formula is C13H22N2O5. The summed E-state index contributed by atoms with van der Waals surface area (Å²) in [6, 6.07) is -0.412. The number of aliphatic hydroxyl groups excluding tert-OH is 1. The molecule has 0 aromatic rings. The van der Waals surface area contributed by atoms with Gasteiger partial charge in [-0.3, -0.25) is 0 Å². The van der Waals surface area contributed by atoms with Crippen molar-refractivity contribution < 1.29 is 24.2 Å². The maximum atomic E-state index is 11.3. The predicted octanol–water partition coefficient (Wildman–Crippen LogP) is 0.316. The maximum absolute atomic E-state index is 11.3. The number of carbonyl (C=O) groups excluding carboxylic acids is 2. The highest BCUT2D eigenvalue weighted by Gasteiger charge is 2.05. The standard InChI is InChI=1S/C13H22N2O5/c1-9(2)11(16)19-7-5-14-13(18)15-6-8-20-12(17)10(3)4/h11,16H,1,3,5-8H2,2,4H3,(H2,14,15,18). The molecule has 0 aromatic carbocycles. The van der Waals surface area contributed by atoms with E-state index < -0.39 is 18.3 Å². The molecule has 7 nitrogen and oxygen atoms in total. The van der Waals surface area contributed by atoms with Gasteiger partial charge in [-0.25, -0.2) is 9.59 Å². The highest BCUT2D eigenvalue weighted by Crippen LogP contribution is 1.97. The summed E-state index contributed by atoms with van der Waals surface area (Å²) in [6.07, 6.45) is -1.03. The molecule has 1 unspecified atom stereocenters. The van der Waals surface area contributed by atoms with Crippen LogP contribution in [0.15, 0.2) is 24.3 Å². The van der Waals surface area contributed by atoms with Gasteiger partial charge >= 0.3 is 12.0 Å². The molecule has 1 atom stereocenters. The number of aliphatic hydroxyl groups is 1. The van der Waals surface area contributed by atoms with Crippen LogP contribution in [0.5, 0.6) is 0 Å². The molecule has 3 N–H and O–H groups in total. The lowest BCUT2D eigenvalue weighted by Crippen LogP contribution is -2.39. The van der Waals surface area contributed by atoms with E-state index in [1.165, 1.54) is 0 Å². The SMILES string of the molecule is C=C(C)C(=O)OCCNC(=O)NCCOC(O)C(=C)C. The van der Waals surface area contributed by atoms with E-state index in [1.807, 2.05) is 0 Å². The molecule has 114 valence electrons. The van der Waals surface area contributed by atoms with Gasteiger partial charge in [-0.05, 0) is 19.4 Å². The molecule has 0 fully saturated rings. The Bertz CT molecular complexity index is 368. The number of rotatable bonds is 9. The Balaban J connectivity index is 3.53. The van der Waals surface area contributed by atoms with Gasteiger partial charge in [0, 0.05) is 12.1 Å². The van der Waals surface area contributed by atoms with Crippen molar-refractivity contribution in [2.45, 2.75) is 20.1 Å². The van der Waals surface area contributed by atoms with Gasteiger partial charge in [0.05, 0.1) is 13.2 Å². The molecule has 0 spiro atoms. The third kappa shape index (κ3) is 9.12. The van der Waals surface area contributed by atoms with Crippen molar-refractivity contribution in [3.05, 3.63) is 24.3 Å². The Morgan fingerprint density at radius 2 is 1.70 bits per heavy atom. The molecule has 0 aliphatic heterocycles. The summed E-state index contributed by atoms with van der Waals surface area (Å²) in [5, 5.41) is 14.3. The van der Waals surface area contributed by atoms with Crippen LogP contribution in [-0.4, -0.2) is 49.7 Å². The van der Waals surface area contributed by atoms with Crippen molar-refractivity contribution in [3.63, 3.8) is 0 Å². The number of carbonyl (C=O) groups is 2. The largest absolute Gasteiger partial charge is 0.460 e. The average Bonchev–Trinajstić information content (AvgIpc) is 2.38. The van der Waals surface area contributed by atoms with E-state index in [4.69, 9.17) is 9.47 Å². The Labute approximate surface area is 118 Å². The van der Waals surface area contributed by atoms with Gasteiger partial charge in [-0.1, -0.05) is 13.2 Å². The molecule has 0 radical (unpaired) electrons.